The number of hydrogen-bond donors (Lipinski definition) is 0. The predicted octanol–water partition coefficient (Wildman–Crippen LogP) is 4.36. The fourth-order valence-electron chi connectivity index (χ4n) is 1.83. The first-order valence-electron chi connectivity index (χ1n) is 6.80. The van der Waals surface area contributed by atoms with Crippen molar-refractivity contribution in [3.63, 3.8) is 0 Å². The Balaban J connectivity index is 1.63. The third kappa shape index (κ3) is 4.11. The van der Waals surface area contributed by atoms with Crippen molar-refractivity contribution in [2.45, 2.75) is 11.8 Å². The number of aromatic nitrogens is 3. The smallest absolute Gasteiger partial charge is 0.211 e. The van der Waals surface area contributed by atoms with Crippen molar-refractivity contribution in [3.05, 3.63) is 58.2 Å². The molecule has 0 saturated heterocycles. The Hall–Kier alpha value is -1.96. The van der Waals surface area contributed by atoms with Crippen LogP contribution in [0.3, 0.4) is 0 Å². The lowest BCUT2D eigenvalue weighted by Crippen LogP contribution is -1.94. The molecule has 1 aromatic carbocycles. The Morgan fingerprint density at radius 1 is 1.33 bits per heavy atom. The van der Waals surface area contributed by atoms with Crippen molar-refractivity contribution < 1.29 is 9.15 Å². The van der Waals surface area contributed by atoms with Crippen LogP contribution in [0.2, 0.25) is 10.0 Å². The van der Waals surface area contributed by atoms with Crippen molar-refractivity contribution in [2.75, 3.05) is 6.26 Å². The molecule has 9 heteroatoms. The van der Waals surface area contributed by atoms with E-state index in [2.05, 4.69) is 15.3 Å². The third-order valence-corrected chi connectivity index (χ3v) is 4.10. The number of halogens is 2. The van der Waals surface area contributed by atoms with Crippen LogP contribution in [0.5, 0.6) is 5.75 Å². The molecule has 2 heterocycles. The molecule has 0 unspecified atom stereocenters. The molecule has 124 valence electrons. The van der Waals surface area contributed by atoms with E-state index in [0.717, 1.165) is 0 Å². The third-order valence-electron chi connectivity index (χ3n) is 2.94. The number of rotatable bonds is 6. The molecule has 0 bridgehead atoms. The van der Waals surface area contributed by atoms with Gasteiger partial charge in [-0.2, -0.15) is 9.78 Å². The number of thioether (sulfide) groups is 1. The van der Waals surface area contributed by atoms with Gasteiger partial charge >= 0.3 is 0 Å². The molecule has 6 nitrogen and oxygen atoms in total. The number of benzene rings is 1. The molecule has 0 atom stereocenters. The molecule has 0 spiro atoms. The van der Waals surface area contributed by atoms with E-state index in [1.165, 1.54) is 18.1 Å². The zero-order valence-electron chi connectivity index (χ0n) is 12.5. The molecule has 0 aliphatic rings. The molecule has 0 amide bonds. The summed E-state index contributed by atoms with van der Waals surface area (Å²) >= 11 is 13.4. The van der Waals surface area contributed by atoms with E-state index < -0.39 is 0 Å². The van der Waals surface area contributed by atoms with Gasteiger partial charge in [-0.25, -0.2) is 0 Å². The highest BCUT2D eigenvalue weighted by Gasteiger charge is 2.06. The van der Waals surface area contributed by atoms with Crippen molar-refractivity contribution in [3.8, 4) is 5.75 Å². The van der Waals surface area contributed by atoms with E-state index in [1.807, 2.05) is 12.3 Å². The van der Waals surface area contributed by atoms with Gasteiger partial charge in [-0.05, 0) is 36.6 Å². The molecule has 0 aliphatic heterocycles. The van der Waals surface area contributed by atoms with E-state index in [0.29, 0.717) is 32.5 Å². The topological polar surface area (TPSA) is 65.4 Å². The Morgan fingerprint density at radius 2 is 2.21 bits per heavy atom. The largest absolute Gasteiger partial charge is 0.484 e. The van der Waals surface area contributed by atoms with Gasteiger partial charge in [0.1, 0.15) is 30.2 Å². The molecular formula is C15H12Cl2N4O2S. The Morgan fingerprint density at radius 3 is 3.00 bits per heavy atom. The monoisotopic (exact) mass is 382 g/mol. The van der Waals surface area contributed by atoms with Gasteiger partial charge in [0.15, 0.2) is 0 Å². The lowest BCUT2D eigenvalue weighted by atomic mass is 10.3. The van der Waals surface area contributed by atoms with E-state index in [-0.39, 0.29) is 6.61 Å². The molecule has 0 radical (unpaired) electrons. The second-order valence-electron chi connectivity index (χ2n) is 4.57. The minimum atomic E-state index is 0.248. The maximum Gasteiger partial charge on any atom is 0.211 e. The van der Waals surface area contributed by atoms with Crippen LogP contribution in [0.4, 0.5) is 0 Å². The fourth-order valence-corrected chi connectivity index (χ4v) is 2.71. The standard InChI is InChI=1S/C15H12Cl2N4O2S/c1-24-15-20-18-9-21(15)19-7-11-3-4-12(23-11)8-22-14-5-2-10(16)6-13(14)17/h2-7,9H,8H2,1H3. The summed E-state index contributed by atoms with van der Waals surface area (Å²) in [6.45, 7) is 0.248. The van der Waals surface area contributed by atoms with Crippen LogP contribution in [-0.2, 0) is 6.61 Å². The van der Waals surface area contributed by atoms with Gasteiger partial charge in [-0.15, -0.1) is 10.2 Å². The van der Waals surface area contributed by atoms with Crippen molar-refractivity contribution in [1.82, 2.24) is 14.9 Å². The SMILES string of the molecule is CSc1nncn1N=Cc1ccc(COc2ccc(Cl)cc2Cl)o1. The summed E-state index contributed by atoms with van der Waals surface area (Å²) in [6.07, 6.45) is 5.01. The van der Waals surface area contributed by atoms with Gasteiger partial charge in [-0.3, -0.25) is 0 Å². The summed E-state index contributed by atoms with van der Waals surface area (Å²) in [5, 5.41) is 13.7. The van der Waals surface area contributed by atoms with E-state index in [9.17, 15) is 0 Å². The second-order valence-corrected chi connectivity index (χ2v) is 6.19. The zero-order chi connectivity index (χ0) is 16.9. The van der Waals surface area contributed by atoms with Gasteiger partial charge in [0, 0.05) is 5.02 Å². The number of furan rings is 1. The molecule has 0 fully saturated rings. The van der Waals surface area contributed by atoms with E-state index >= 15 is 0 Å². The maximum absolute atomic E-state index is 6.06. The normalized spacial score (nSPS) is 11.3. The first kappa shape index (κ1) is 16.9. The maximum atomic E-state index is 6.06. The van der Waals surface area contributed by atoms with Gasteiger partial charge in [0.25, 0.3) is 0 Å². The second kappa shape index (κ2) is 7.74. The Labute approximate surface area is 152 Å². The number of hydrogen-bond acceptors (Lipinski definition) is 6. The number of ether oxygens (including phenoxy) is 1. The van der Waals surface area contributed by atoms with Crippen molar-refractivity contribution in [1.29, 1.82) is 0 Å². The van der Waals surface area contributed by atoms with Crippen molar-refractivity contribution >= 4 is 41.2 Å². The number of nitrogens with zero attached hydrogens (tertiary/aromatic N) is 4. The Kier molecular flexibility index (Phi) is 5.44. The summed E-state index contributed by atoms with van der Waals surface area (Å²) in [5.74, 6) is 1.79. The summed E-state index contributed by atoms with van der Waals surface area (Å²) < 4.78 is 12.8. The van der Waals surface area contributed by atoms with Crippen LogP contribution in [0, 0.1) is 0 Å². The van der Waals surface area contributed by atoms with Crippen molar-refractivity contribution in [2.24, 2.45) is 5.10 Å². The zero-order valence-corrected chi connectivity index (χ0v) is 14.8. The van der Waals surface area contributed by atoms with Crippen LogP contribution < -0.4 is 4.74 Å². The minimum absolute atomic E-state index is 0.248. The lowest BCUT2D eigenvalue weighted by molar-refractivity contribution is 0.270. The van der Waals surface area contributed by atoms with Gasteiger partial charge in [-0.1, -0.05) is 35.0 Å². The van der Waals surface area contributed by atoms with Crippen LogP contribution in [0.1, 0.15) is 11.5 Å². The first-order valence-corrected chi connectivity index (χ1v) is 8.78. The predicted molar refractivity (Wildman–Crippen MR) is 94.3 cm³/mol. The summed E-state index contributed by atoms with van der Waals surface area (Å²) in [6, 6.07) is 8.67. The molecule has 0 aliphatic carbocycles. The summed E-state index contributed by atoms with van der Waals surface area (Å²) in [5.41, 5.74) is 0. The highest BCUT2D eigenvalue weighted by atomic mass is 35.5. The molecule has 3 rings (SSSR count). The van der Waals surface area contributed by atoms with Crippen LogP contribution in [0.15, 0.2) is 51.3 Å². The quantitative estimate of drug-likeness (QED) is 0.467. The molecule has 0 saturated carbocycles. The van der Waals surface area contributed by atoms with E-state index in [4.69, 9.17) is 32.4 Å². The Bertz CT molecular complexity index is 863. The summed E-state index contributed by atoms with van der Waals surface area (Å²) in [4.78, 5) is 0. The lowest BCUT2D eigenvalue weighted by Gasteiger charge is -2.06. The summed E-state index contributed by atoms with van der Waals surface area (Å²) in [7, 11) is 0. The molecule has 3 aromatic rings. The highest BCUT2D eigenvalue weighted by molar-refractivity contribution is 7.98. The minimum Gasteiger partial charge on any atom is -0.484 e. The highest BCUT2D eigenvalue weighted by Crippen LogP contribution is 2.28. The average Bonchev–Trinajstić information content (AvgIpc) is 3.20. The van der Waals surface area contributed by atoms with Gasteiger partial charge in [0.2, 0.25) is 5.16 Å². The molecule has 2 aromatic heterocycles. The fraction of sp³-hybridized carbons (Fsp3) is 0.133. The average molecular weight is 383 g/mol. The van der Waals surface area contributed by atoms with Crippen LogP contribution >= 0.6 is 35.0 Å². The van der Waals surface area contributed by atoms with Gasteiger partial charge in [0.05, 0.1) is 11.2 Å². The van der Waals surface area contributed by atoms with Crippen LogP contribution in [-0.4, -0.2) is 27.3 Å². The van der Waals surface area contributed by atoms with Crippen LogP contribution in [0.25, 0.3) is 0 Å². The molecule has 0 N–H and O–H groups in total. The first-order chi connectivity index (χ1) is 11.7. The molecular weight excluding hydrogens is 371 g/mol. The van der Waals surface area contributed by atoms with E-state index in [1.54, 1.807) is 35.2 Å². The molecule has 24 heavy (non-hydrogen) atoms. The van der Waals surface area contributed by atoms with Gasteiger partial charge < -0.3 is 9.15 Å².